The molecule has 0 aliphatic carbocycles. The van der Waals surface area contributed by atoms with Crippen LogP contribution >= 0.6 is 11.3 Å². The molecule has 5 heteroatoms. The number of nitrogen functional groups attached to an aromatic ring is 1. The third-order valence-electron chi connectivity index (χ3n) is 2.41. The van der Waals surface area contributed by atoms with E-state index in [-0.39, 0.29) is 0 Å². The Bertz CT molecular complexity index is 525. The summed E-state index contributed by atoms with van der Waals surface area (Å²) in [6.07, 6.45) is 0. The first-order valence-electron chi connectivity index (χ1n) is 5.87. The van der Waals surface area contributed by atoms with Crippen LogP contribution in [0.25, 0.3) is 0 Å². The number of pyridine rings is 1. The van der Waals surface area contributed by atoms with Crippen LogP contribution in [0.2, 0.25) is 0 Å². The maximum atomic E-state index is 5.77. The molecular formula is C13H17N3OS. The molecule has 0 amide bonds. The number of anilines is 2. The van der Waals surface area contributed by atoms with Crippen LogP contribution in [0.3, 0.4) is 0 Å². The lowest BCUT2D eigenvalue weighted by molar-refractivity contribution is 0.329. The zero-order chi connectivity index (χ0) is 13.0. The molecular weight excluding hydrogens is 246 g/mol. The van der Waals surface area contributed by atoms with Gasteiger partial charge in [0.25, 0.3) is 0 Å². The van der Waals surface area contributed by atoms with Crippen LogP contribution in [0.4, 0.5) is 11.5 Å². The van der Waals surface area contributed by atoms with Gasteiger partial charge in [-0.15, -0.1) is 11.3 Å². The Morgan fingerprint density at radius 1 is 1.33 bits per heavy atom. The number of ether oxygens (including phenoxy) is 1. The fraction of sp³-hybridized carbons (Fsp3) is 0.308. The summed E-state index contributed by atoms with van der Waals surface area (Å²) in [4.78, 5) is 6.92. The molecule has 0 spiro atoms. The Morgan fingerprint density at radius 3 is 2.83 bits per heavy atom. The summed E-state index contributed by atoms with van der Waals surface area (Å²) in [5, 5.41) is 3.26. The molecule has 4 nitrogen and oxygen atoms in total. The van der Waals surface area contributed by atoms with Gasteiger partial charge in [0.05, 0.1) is 18.8 Å². The molecule has 0 aliphatic rings. The van der Waals surface area contributed by atoms with E-state index < -0.39 is 0 Å². The average molecular weight is 263 g/mol. The largest absolute Gasteiger partial charge is 0.476 e. The molecule has 0 atom stereocenters. The van der Waals surface area contributed by atoms with Crippen molar-refractivity contribution in [3.63, 3.8) is 0 Å². The van der Waals surface area contributed by atoms with E-state index in [1.807, 2.05) is 13.0 Å². The maximum absolute atomic E-state index is 5.77. The highest BCUT2D eigenvalue weighted by Gasteiger charge is 2.04. The Labute approximate surface area is 111 Å². The van der Waals surface area contributed by atoms with E-state index in [2.05, 4.69) is 29.4 Å². The molecule has 0 bridgehead atoms. The van der Waals surface area contributed by atoms with E-state index in [0.717, 1.165) is 12.4 Å². The van der Waals surface area contributed by atoms with Crippen LogP contribution in [0.1, 0.15) is 16.7 Å². The number of rotatable bonds is 5. The molecule has 3 N–H and O–H groups in total. The van der Waals surface area contributed by atoms with E-state index in [1.165, 1.54) is 9.75 Å². The van der Waals surface area contributed by atoms with Gasteiger partial charge in [-0.1, -0.05) is 0 Å². The zero-order valence-electron chi connectivity index (χ0n) is 10.6. The van der Waals surface area contributed by atoms with Gasteiger partial charge >= 0.3 is 0 Å². The van der Waals surface area contributed by atoms with E-state index in [9.17, 15) is 0 Å². The highest BCUT2D eigenvalue weighted by molar-refractivity contribution is 7.11. The first-order chi connectivity index (χ1) is 8.69. The Hall–Kier alpha value is -1.75. The van der Waals surface area contributed by atoms with Crippen molar-refractivity contribution in [2.45, 2.75) is 20.4 Å². The number of aryl methyl sites for hydroxylation is 1. The predicted octanol–water partition coefficient (Wildman–Crippen LogP) is 3.04. The second kappa shape index (κ2) is 5.73. The molecule has 2 aromatic rings. The number of hydrogen-bond acceptors (Lipinski definition) is 5. The van der Waals surface area contributed by atoms with Crippen LogP contribution in [-0.4, -0.2) is 11.6 Å². The minimum Gasteiger partial charge on any atom is -0.476 e. The quantitative estimate of drug-likeness (QED) is 0.870. The lowest BCUT2D eigenvalue weighted by atomic mass is 10.4. The van der Waals surface area contributed by atoms with Crippen LogP contribution in [0, 0.1) is 6.92 Å². The van der Waals surface area contributed by atoms with E-state index >= 15 is 0 Å². The Balaban J connectivity index is 2.03. The summed E-state index contributed by atoms with van der Waals surface area (Å²) in [5.74, 6) is 1.27. The van der Waals surface area contributed by atoms with E-state index in [4.69, 9.17) is 10.5 Å². The van der Waals surface area contributed by atoms with Crippen molar-refractivity contribution < 1.29 is 4.74 Å². The molecule has 18 heavy (non-hydrogen) atoms. The van der Waals surface area contributed by atoms with Gasteiger partial charge < -0.3 is 15.8 Å². The normalized spacial score (nSPS) is 10.3. The highest BCUT2D eigenvalue weighted by atomic mass is 32.1. The molecule has 2 heterocycles. The van der Waals surface area contributed by atoms with Crippen LogP contribution in [-0.2, 0) is 6.54 Å². The summed E-state index contributed by atoms with van der Waals surface area (Å²) in [6.45, 7) is 5.34. The molecule has 2 aromatic heterocycles. The lowest BCUT2D eigenvalue weighted by Gasteiger charge is -2.09. The van der Waals surface area contributed by atoms with Gasteiger partial charge in [-0.05, 0) is 38.1 Å². The van der Waals surface area contributed by atoms with E-state index in [1.54, 1.807) is 17.4 Å². The molecule has 0 aliphatic heterocycles. The van der Waals surface area contributed by atoms with Crippen molar-refractivity contribution in [1.82, 2.24) is 4.98 Å². The first kappa shape index (κ1) is 12.7. The topological polar surface area (TPSA) is 60.2 Å². The number of thiophene rings is 1. The van der Waals surface area contributed by atoms with Gasteiger partial charge in [0.2, 0.25) is 5.88 Å². The van der Waals surface area contributed by atoms with Gasteiger partial charge in [0, 0.05) is 9.75 Å². The fourth-order valence-corrected chi connectivity index (χ4v) is 2.39. The number of nitrogens with two attached hydrogens (primary N) is 1. The minimum atomic E-state index is 0.491. The molecule has 2 rings (SSSR count). The molecule has 0 radical (unpaired) electrons. The number of nitrogens with one attached hydrogen (secondary N) is 1. The van der Waals surface area contributed by atoms with Gasteiger partial charge in [-0.25, -0.2) is 0 Å². The average Bonchev–Trinajstić information content (AvgIpc) is 2.76. The first-order valence-corrected chi connectivity index (χ1v) is 6.69. The standard InChI is InChI=1S/C13H17N3OS/c1-3-17-13-11(14)6-7-12(16-13)15-8-10-5-4-9(2)18-10/h4-7H,3,8,14H2,1-2H3,(H,15,16). The van der Waals surface area contributed by atoms with Gasteiger partial charge in [0.15, 0.2) is 0 Å². The predicted molar refractivity (Wildman–Crippen MR) is 76.2 cm³/mol. The summed E-state index contributed by atoms with van der Waals surface area (Å²) in [7, 11) is 0. The molecule has 0 saturated carbocycles. The van der Waals surface area contributed by atoms with Crippen molar-refractivity contribution in [2.75, 3.05) is 17.7 Å². The van der Waals surface area contributed by atoms with Gasteiger partial charge in [-0.3, -0.25) is 0 Å². The number of aromatic nitrogens is 1. The summed E-state index contributed by atoms with van der Waals surface area (Å²) in [6, 6.07) is 7.90. The van der Waals surface area contributed by atoms with E-state index in [0.29, 0.717) is 18.2 Å². The Morgan fingerprint density at radius 2 is 2.17 bits per heavy atom. The van der Waals surface area contributed by atoms with Crippen molar-refractivity contribution in [1.29, 1.82) is 0 Å². The fourth-order valence-electron chi connectivity index (χ4n) is 1.56. The monoisotopic (exact) mass is 263 g/mol. The molecule has 0 saturated heterocycles. The second-order valence-corrected chi connectivity index (χ2v) is 5.26. The smallest absolute Gasteiger partial charge is 0.239 e. The Kier molecular flexibility index (Phi) is 4.04. The van der Waals surface area contributed by atoms with Crippen molar-refractivity contribution in [3.8, 4) is 5.88 Å². The summed E-state index contributed by atoms with van der Waals surface area (Å²) >= 11 is 1.78. The van der Waals surface area contributed by atoms with Crippen LogP contribution in [0.5, 0.6) is 5.88 Å². The number of nitrogens with zero attached hydrogens (tertiary/aromatic N) is 1. The van der Waals surface area contributed by atoms with Crippen LogP contribution < -0.4 is 15.8 Å². The van der Waals surface area contributed by atoms with Gasteiger partial charge in [0.1, 0.15) is 5.82 Å². The lowest BCUT2D eigenvalue weighted by Crippen LogP contribution is -2.04. The molecule has 0 aromatic carbocycles. The second-order valence-electron chi connectivity index (χ2n) is 3.89. The summed E-state index contributed by atoms with van der Waals surface area (Å²) in [5.41, 5.74) is 6.34. The zero-order valence-corrected chi connectivity index (χ0v) is 11.4. The third-order valence-corrected chi connectivity index (χ3v) is 3.41. The molecule has 0 unspecified atom stereocenters. The minimum absolute atomic E-state index is 0.491. The third kappa shape index (κ3) is 3.13. The van der Waals surface area contributed by atoms with Crippen molar-refractivity contribution in [3.05, 3.63) is 34.0 Å². The SMILES string of the molecule is CCOc1nc(NCc2ccc(C)s2)ccc1N. The molecule has 0 fully saturated rings. The summed E-state index contributed by atoms with van der Waals surface area (Å²) < 4.78 is 5.36. The van der Waals surface area contributed by atoms with Crippen molar-refractivity contribution in [2.24, 2.45) is 0 Å². The maximum Gasteiger partial charge on any atom is 0.239 e. The number of hydrogen-bond donors (Lipinski definition) is 2. The molecule has 96 valence electrons. The van der Waals surface area contributed by atoms with Gasteiger partial charge in [-0.2, -0.15) is 4.98 Å². The van der Waals surface area contributed by atoms with Crippen molar-refractivity contribution >= 4 is 22.8 Å². The highest BCUT2D eigenvalue weighted by Crippen LogP contribution is 2.22. The van der Waals surface area contributed by atoms with Crippen LogP contribution in [0.15, 0.2) is 24.3 Å².